The van der Waals surface area contributed by atoms with Crippen LogP contribution in [-0.4, -0.2) is 24.5 Å². The van der Waals surface area contributed by atoms with Crippen LogP contribution in [-0.2, 0) is 0 Å². The van der Waals surface area contributed by atoms with Crippen LogP contribution in [0.15, 0.2) is 24.3 Å². The third kappa shape index (κ3) is 5.65. The molecule has 0 amide bonds. The third-order valence-corrected chi connectivity index (χ3v) is 3.99. The molecule has 1 aromatic rings. The summed E-state index contributed by atoms with van der Waals surface area (Å²) in [5, 5.41) is 0. The summed E-state index contributed by atoms with van der Waals surface area (Å²) in [5.74, 6) is 1.36. The van der Waals surface area contributed by atoms with Crippen LogP contribution >= 0.6 is 0 Å². The first-order valence-corrected chi connectivity index (χ1v) is 7.45. The molecule has 0 aromatic heterocycles. The second-order valence-electron chi connectivity index (χ2n) is 6.32. The lowest BCUT2D eigenvalue weighted by atomic mass is 9.96. The van der Waals surface area contributed by atoms with E-state index in [1.54, 1.807) is 0 Å². The van der Waals surface area contributed by atoms with Gasteiger partial charge in [-0.15, -0.1) is 0 Å². The van der Waals surface area contributed by atoms with Crippen molar-refractivity contribution in [3.05, 3.63) is 29.8 Å². The second kappa shape index (κ2) is 7.54. The highest BCUT2D eigenvalue weighted by Crippen LogP contribution is 2.21. The van der Waals surface area contributed by atoms with E-state index < -0.39 is 0 Å². The molecule has 1 rings (SSSR count). The molecule has 0 heterocycles. The van der Waals surface area contributed by atoms with Crippen LogP contribution in [0.4, 0.5) is 5.69 Å². The molecule has 2 heteroatoms. The Morgan fingerprint density at radius 1 is 1.05 bits per heavy atom. The first-order valence-electron chi connectivity index (χ1n) is 7.45. The molecule has 0 saturated carbocycles. The number of nitrogen functional groups attached to an aromatic ring is 1. The Morgan fingerprint density at radius 3 is 2.16 bits per heavy atom. The minimum absolute atomic E-state index is 0.592. The fraction of sp³-hybridized carbons (Fsp3) is 0.647. The van der Waals surface area contributed by atoms with Crippen molar-refractivity contribution >= 4 is 5.69 Å². The van der Waals surface area contributed by atoms with Crippen LogP contribution in [0.1, 0.15) is 52.0 Å². The van der Waals surface area contributed by atoms with Gasteiger partial charge in [0.25, 0.3) is 0 Å². The van der Waals surface area contributed by atoms with Gasteiger partial charge in [-0.3, -0.25) is 0 Å². The maximum Gasteiger partial charge on any atom is 0.0314 e. The minimum atomic E-state index is 0.592. The monoisotopic (exact) mass is 262 g/mol. The molecule has 0 fully saturated rings. The molecule has 0 aliphatic carbocycles. The van der Waals surface area contributed by atoms with E-state index in [9.17, 15) is 0 Å². The summed E-state index contributed by atoms with van der Waals surface area (Å²) >= 11 is 0. The standard InChI is InChI=1S/C17H30N2/c1-13(2)12-15(4)19(5)11-10-14(3)16-6-8-17(18)9-7-16/h6-9,13-15H,10-12,18H2,1-5H3. The Morgan fingerprint density at radius 2 is 1.63 bits per heavy atom. The third-order valence-electron chi connectivity index (χ3n) is 3.99. The predicted octanol–water partition coefficient (Wildman–Crippen LogP) is 4.13. The van der Waals surface area contributed by atoms with Gasteiger partial charge in [0, 0.05) is 11.7 Å². The number of hydrogen-bond acceptors (Lipinski definition) is 2. The SMILES string of the molecule is CC(C)CC(C)N(C)CCC(C)c1ccc(N)cc1. The minimum Gasteiger partial charge on any atom is -0.399 e. The highest BCUT2D eigenvalue weighted by molar-refractivity contribution is 5.40. The molecule has 1 aromatic carbocycles. The van der Waals surface area contributed by atoms with Crippen LogP contribution < -0.4 is 5.73 Å². The van der Waals surface area contributed by atoms with Gasteiger partial charge in [-0.05, 0) is 62.9 Å². The maximum atomic E-state index is 5.73. The van der Waals surface area contributed by atoms with Crippen molar-refractivity contribution in [1.29, 1.82) is 0 Å². The Hall–Kier alpha value is -1.02. The van der Waals surface area contributed by atoms with Gasteiger partial charge in [-0.1, -0.05) is 32.9 Å². The van der Waals surface area contributed by atoms with Crippen LogP contribution in [0.25, 0.3) is 0 Å². The normalized spacial score (nSPS) is 14.9. The van der Waals surface area contributed by atoms with Crippen LogP contribution in [0.2, 0.25) is 0 Å². The molecule has 0 spiro atoms. The highest BCUT2D eigenvalue weighted by Gasteiger charge is 2.13. The van der Waals surface area contributed by atoms with E-state index in [1.807, 2.05) is 12.1 Å². The lowest BCUT2D eigenvalue weighted by molar-refractivity contribution is 0.222. The van der Waals surface area contributed by atoms with Gasteiger partial charge in [0.1, 0.15) is 0 Å². The van der Waals surface area contributed by atoms with Crippen molar-refractivity contribution < 1.29 is 0 Å². The van der Waals surface area contributed by atoms with Crippen molar-refractivity contribution in [2.24, 2.45) is 5.92 Å². The van der Waals surface area contributed by atoms with Gasteiger partial charge in [0.05, 0.1) is 0 Å². The summed E-state index contributed by atoms with van der Waals surface area (Å²) in [7, 11) is 2.24. The quantitative estimate of drug-likeness (QED) is 0.749. The molecule has 2 N–H and O–H groups in total. The van der Waals surface area contributed by atoms with E-state index in [0.717, 1.165) is 18.2 Å². The van der Waals surface area contributed by atoms with E-state index in [4.69, 9.17) is 5.73 Å². The molecular formula is C17H30N2. The molecule has 0 radical (unpaired) electrons. The lowest BCUT2D eigenvalue weighted by Gasteiger charge is -2.27. The molecule has 108 valence electrons. The van der Waals surface area contributed by atoms with E-state index in [-0.39, 0.29) is 0 Å². The molecule has 0 aliphatic heterocycles. The molecule has 2 nitrogen and oxygen atoms in total. The summed E-state index contributed by atoms with van der Waals surface area (Å²) in [6, 6.07) is 8.96. The van der Waals surface area contributed by atoms with Crippen molar-refractivity contribution in [3.8, 4) is 0 Å². The molecule has 2 unspecified atom stereocenters. The number of nitrogens with two attached hydrogens (primary N) is 1. The Kier molecular flexibility index (Phi) is 6.36. The lowest BCUT2D eigenvalue weighted by Crippen LogP contribution is -2.31. The Bertz CT molecular complexity index is 356. The molecule has 0 bridgehead atoms. The number of anilines is 1. The number of benzene rings is 1. The molecule has 0 saturated heterocycles. The molecule has 19 heavy (non-hydrogen) atoms. The number of rotatable bonds is 7. The zero-order valence-electron chi connectivity index (χ0n) is 13.2. The summed E-state index contributed by atoms with van der Waals surface area (Å²) in [4.78, 5) is 2.48. The van der Waals surface area contributed by atoms with Crippen LogP contribution in [0.3, 0.4) is 0 Å². The predicted molar refractivity (Wildman–Crippen MR) is 85.4 cm³/mol. The van der Waals surface area contributed by atoms with Crippen molar-refractivity contribution in [2.45, 2.75) is 52.5 Å². The Balaban J connectivity index is 2.41. The second-order valence-corrected chi connectivity index (χ2v) is 6.32. The topological polar surface area (TPSA) is 29.3 Å². The van der Waals surface area contributed by atoms with Gasteiger partial charge >= 0.3 is 0 Å². The van der Waals surface area contributed by atoms with Crippen molar-refractivity contribution in [2.75, 3.05) is 19.3 Å². The van der Waals surface area contributed by atoms with Crippen LogP contribution in [0, 0.1) is 5.92 Å². The average molecular weight is 262 g/mol. The van der Waals surface area contributed by atoms with Gasteiger partial charge in [0.15, 0.2) is 0 Å². The van der Waals surface area contributed by atoms with E-state index >= 15 is 0 Å². The zero-order valence-corrected chi connectivity index (χ0v) is 13.2. The number of hydrogen-bond donors (Lipinski definition) is 1. The maximum absolute atomic E-state index is 5.73. The van der Waals surface area contributed by atoms with Crippen molar-refractivity contribution in [3.63, 3.8) is 0 Å². The van der Waals surface area contributed by atoms with Gasteiger partial charge in [-0.25, -0.2) is 0 Å². The fourth-order valence-electron chi connectivity index (χ4n) is 2.47. The summed E-state index contributed by atoms with van der Waals surface area (Å²) in [6.45, 7) is 10.4. The number of nitrogens with zero attached hydrogens (tertiary/aromatic N) is 1. The zero-order chi connectivity index (χ0) is 14.4. The molecule has 2 atom stereocenters. The van der Waals surface area contributed by atoms with Gasteiger partial charge in [-0.2, -0.15) is 0 Å². The van der Waals surface area contributed by atoms with E-state index in [2.05, 4.69) is 51.8 Å². The highest BCUT2D eigenvalue weighted by atomic mass is 15.1. The van der Waals surface area contributed by atoms with Crippen molar-refractivity contribution in [1.82, 2.24) is 4.90 Å². The Labute approximate surface area is 119 Å². The largest absolute Gasteiger partial charge is 0.399 e. The summed E-state index contributed by atoms with van der Waals surface area (Å²) < 4.78 is 0. The molecular weight excluding hydrogens is 232 g/mol. The average Bonchev–Trinajstić information content (AvgIpc) is 2.35. The molecule has 0 aliphatic rings. The smallest absolute Gasteiger partial charge is 0.0314 e. The van der Waals surface area contributed by atoms with E-state index in [0.29, 0.717) is 12.0 Å². The first-order chi connectivity index (χ1) is 8.90. The fourth-order valence-corrected chi connectivity index (χ4v) is 2.47. The van der Waals surface area contributed by atoms with Crippen LogP contribution in [0.5, 0.6) is 0 Å². The van der Waals surface area contributed by atoms with Gasteiger partial charge < -0.3 is 10.6 Å². The first kappa shape index (κ1) is 16.0. The van der Waals surface area contributed by atoms with Gasteiger partial charge in [0.2, 0.25) is 0 Å². The summed E-state index contributed by atoms with van der Waals surface area (Å²) in [6.07, 6.45) is 2.47. The summed E-state index contributed by atoms with van der Waals surface area (Å²) in [5.41, 5.74) is 7.96. The van der Waals surface area contributed by atoms with E-state index in [1.165, 1.54) is 18.4 Å².